The molecule has 1 unspecified atom stereocenters. The number of alkyl halides is 3. The molecule has 4 heteroatoms. The average molecular weight is 474 g/mol. The van der Waals surface area contributed by atoms with Gasteiger partial charge in [-0.05, 0) is 52.8 Å². The number of carbonyl (C=O) groups is 1. The smallest absolute Gasteiger partial charge is 0.299 e. The highest BCUT2D eigenvalue weighted by Crippen LogP contribution is 2.21. The Morgan fingerprint density at radius 1 is 0.943 bits per heavy atom. The maximum absolute atomic E-state index is 12.9. The molecule has 0 heterocycles. The number of Topliss-reactive ketones (excluding diaryl/α,β-unsaturated/α-hetero) is 1. The molecule has 35 heavy (non-hydrogen) atoms. The van der Waals surface area contributed by atoms with Crippen LogP contribution in [0.1, 0.15) is 59.6 Å². The van der Waals surface area contributed by atoms with Crippen molar-refractivity contribution in [1.29, 1.82) is 0 Å². The summed E-state index contributed by atoms with van der Waals surface area (Å²) in [7, 11) is 0. The second kappa shape index (κ2) is 12.2. The van der Waals surface area contributed by atoms with E-state index in [1.54, 1.807) is 18.2 Å². The lowest BCUT2D eigenvalue weighted by Gasteiger charge is -2.12. The van der Waals surface area contributed by atoms with Crippen LogP contribution in [0.25, 0.3) is 0 Å². The van der Waals surface area contributed by atoms with Crippen molar-refractivity contribution < 1.29 is 18.0 Å². The van der Waals surface area contributed by atoms with Gasteiger partial charge in [0, 0.05) is 30.4 Å². The Balaban J connectivity index is 1.73. The van der Waals surface area contributed by atoms with Crippen LogP contribution in [0.4, 0.5) is 13.2 Å². The summed E-state index contributed by atoms with van der Waals surface area (Å²) in [5.41, 5.74) is 5.20. The largest absolute Gasteiger partial charge is 0.410 e. The minimum absolute atomic E-state index is 0.128. The van der Waals surface area contributed by atoms with Gasteiger partial charge in [-0.1, -0.05) is 92.4 Å². The molecule has 0 saturated carbocycles. The van der Waals surface area contributed by atoms with Crippen molar-refractivity contribution >= 4 is 5.78 Å². The van der Waals surface area contributed by atoms with Gasteiger partial charge in [0.05, 0.1) is 0 Å². The molecule has 0 bridgehead atoms. The molecule has 1 radical (unpaired) electrons. The van der Waals surface area contributed by atoms with Crippen LogP contribution in [0, 0.1) is 17.9 Å². The molecular formula is C31H28F3O. The third-order valence-corrected chi connectivity index (χ3v) is 5.75. The number of hydrogen-bond donors (Lipinski definition) is 0. The van der Waals surface area contributed by atoms with E-state index >= 15 is 0 Å². The number of rotatable bonds is 8. The van der Waals surface area contributed by atoms with E-state index in [0.717, 1.165) is 34.2 Å². The average Bonchev–Trinajstić information content (AvgIpc) is 2.85. The van der Waals surface area contributed by atoms with Gasteiger partial charge >= 0.3 is 6.18 Å². The van der Waals surface area contributed by atoms with E-state index in [1.807, 2.05) is 68.4 Å². The summed E-state index contributed by atoms with van der Waals surface area (Å²) in [5.74, 6) is 6.30. The summed E-state index contributed by atoms with van der Waals surface area (Å²) in [6, 6.07) is 22.7. The van der Waals surface area contributed by atoms with E-state index in [0.29, 0.717) is 24.8 Å². The fourth-order valence-corrected chi connectivity index (χ4v) is 3.79. The Morgan fingerprint density at radius 2 is 1.71 bits per heavy atom. The van der Waals surface area contributed by atoms with E-state index in [9.17, 15) is 18.0 Å². The van der Waals surface area contributed by atoms with Crippen LogP contribution in [-0.4, -0.2) is 12.0 Å². The van der Waals surface area contributed by atoms with Crippen molar-refractivity contribution in [2.45, 2.75) is 51.6 Å². The maximum atomic E-state index is 12.9. The van der Waals surface area contributed by atoms with Crippen LogP contribution in [0.2, 0.25) is 0 Å². The van der Waals surface area contributed by atoms with Gasteiger partial charge in [0.1, 0.15) is 5.78 Å². The highest BCUT2D eigenvalue weighted by molar-refractivity contribution is 5.87. The first kappa shape index (κ1) is 26.0. The molecule has 1 nitrogen and oxygen atoms in total. The predicted octanol–water partition coefficient (Wildman–Crippen LogP) is 7.42. The lowest BCUT2D eigenvalue weighted by Crippen LogP contribution is -2.12. The number of aryl methyl sites for hydroxylation is 2. The standard InChI is InChI=1S/C31H28F3O/c1-3-4-11-29-21-26(22-30(35)23(2)27-12-6-5-7-13-27)15-17-28(29)16-14-24-9-8-10-25(20-24)18-19-31(32,33)34/h5-10,12-13,15,17,19-21,23H,3,14,16,22H2,1-2H3. The molecule has 3 aromatic rings. The topological polar surface area (TPSA) is 17.1 Å². The zero-order valence-electron chi connectivity index (χ0n) is 20.0. The zero-order valence-corrected chi connectivity index (χ0v) is 20.0. The second-order valence-corrected chi connectivity index (χ2v) is 8.45. The quantitative estimate of drug-likeness (QED) is 0.311. The van der Waals surface area contributed by atoms with Crippen LogP contribution in [0.5, 0.6) is 0 Å². The van der Waals surface area contributed by atoms with Gasteiger partial charge in [-0.2, -0.15) is 13.2 Å². The highest BCUT2D eigenvalue weighted by Gasteiger charge is 2.22. The lowest BCUT2D eigenvalue weighted by molar-refractivity contribution is -0.119. The number of benzene rings is 3. The molecule has 0 amide bonds. The fraction of sp³-hybridized carbons (Fsp3) is 0.258. The first-order valence-electron chi connectivity index (χ1n) is 11.7. The normalized spacial score (nSPS) is 12.3. The van der Waals surface area contributed by atoms with E-state index in [2.05, 4.69) is 17.9 Å². The Morgan fingerprint density at radius 3 is 2.43 bits per heavy atom. The molecule has 3 aromatic carbocycles. The Labute approximate surface area is 205 Å². The number of allylic oxidation sites excluding steroid dienone is 1. The molecule has 0 aliphatic rings. The Hall–Kier alpha value is -3.58. The molecule has 0 fully saturated rings. The number of halogens is 3. The summed E-state index contributed by atoms with van der Waals surface area (Å²) >= 11 is 0. The third-order valence-electron chi connectivity index (χ3n) is 5.75. The van der Waals surface area contributed by atoms with Crippen molar-refractivity contribution in [3.05, 3.63) is 118 Å². The lowest BCUT2D eigenvalue weighted by atomic mass is 9.91. The molecule has 0 saturated heterocycles. The molecule has 3 rings (SSSR count). The first-order chi connectivity index (χ1) is 16.7. The summed E-state index contributed by atoms with van der Waals surface area (Å²) in [5, 5.41) is 0. The molecule has 0 aliphatic heterocycles. The van der Waals surface area contributed by atoms with Gasteiger partial charge in [0.2, 0.25) is 0 Å². The third kappa shape index (κ3) is 8.30. The van der Waals surface area contributed by atoms with Crippen molar-refractivity contribution in [3.63, 3.8) is 0 Å². The van der Waals surface area contributed by atoms with E-state index in [-0.39, 0.29) is 17.8 Å². The summed E-state index contributed by atoms with van der Waals surface area (Å²) in [4.78, 5) is 12.9. The highest BCUT2D eigenvalue weighted by atomic mass is 19.4. The van der Waals surface area contributed by atoms with Crippen molar-refractivity contribution in [2.24, 2.45) is 0 Å². The SMILES string of the molecule is CCC#Cc1cc(CC(=O)C(C)c2ccccc2)ccc1CCc1cccc([C]=CC(F)(F)F)c1. The molecule has 0 aromatic heterocycles. The molecule has 0 aliphatic carbocycles. The summed E-state index contributed by atoms with van der Waals surface area (Å²) in [6.45, 7) is 3.91. The van der Waals surface area contributed by atoms with E-state index in [4.69, 9.17) is 0 Å². The van der Waals surface area contributed by atoms with E-state index < -0.39 is 6.18 Å². The monoisotopic (exact) mass is 473 g/mol. The Kier molecular flexibility index (Phi) is 9.09. The molecule has 0 N–H and O–H groups in total. The number of hydrogen-bond acceptors (Lipinski definition) is 1. The zero-order chi connectivity index (χ0) is 25.3. The molecule has 1 atom stereocenters. The number of ketones is 1. The number of carbonyl (C=O) groups excluding carboxylic acids is 1. The van der Waals surface area contributed by atoms with Gasteiger partial charge in [0.15, 0.2) is 0 Å². The van der Waals surface area contributed by atoms with Gasteiger partial charge in [0.25, 0.3) is 0 Å². The summed E-state index contributed by atoms with van der Waals surface area (Å²) in [6.07, 6.45) is 0.450. The van der Waals surface area contributed by atoms with Gasteiger partial charge in [-0.25, -0.2) is 0 Å². The molecule has 0 spiro atoms. The maximum Gasteiger partial charge on any atom is 0.410 e. The molecular weight excluding hydrogens is 445 g/mol. The minimum atomic E-state index is -4.38. The fourth-order valence-electron chi connectivity index (χ4n) is 3.79. The van der Waals surface area contributed by atoms with Crippen molar-refractivity contribution in [3.8, 4) is 11.8 Å². The summed E-state index contributed by atoms with van der Waals surface area (Å²) < 4.78 is 37.3. The second-order valence-electron chi connectivity index (χ2n) is 8.45. The van der Waals surface area contributed by atoms with Crippen LogP contribution < -0.4 is 0 Å². The Bertz CT molecular complexity index is 1230. The first-order valence-corrected chi connectivity index (χ1v) is 11.7. The van der Waals surface area contributed by atoms with Crippen LogP contribution in [0.3, 0.4) is 0 Å². The van der Waals surface area contributed by atoms with Crippen molar-refractivity contribution in [2.75, 3.05) is 0 Å². The van der Waals surface area contributed by atoms with Crippen LogP contribution in [0.15, 0.2) is 78.9 Å². The van der Waals surface area contributed by atoms with Gasteiger partial charge in [-0.3, -0.25) is 4.79 Å². The minimum Gasteiger partial charge on any atom is -0.299 e. The van der Waals surface area contributed by atoms with Crippen LogP contribution in [-0.2, 0) is 24.1 Å². The molecule has 179 valence electrons. The predicted molar refractivity (Wildman–Crippen MR) is 134 cm³/mol. The van der Waals surface area contributed by atoms with Gasteiger partial charge in [-0.15, -0.1) is 0 Å². The van der Waals surface area contributed by atoms with Crippen LogP contribution >= 0.6 is 0 Å². The van der Waals surface area contributed by atoms with Crippen molar-refractivity contribution in [1.82, 2.24) is 0 Å². The van der Waals surface area contributed by atoms with Gasteiger partial charge < -0.3 is 0 Å². The van der Waals surface area contributed by atoms with E-state index in [1.165, 1.54) is 0 Å².